The second-order valence-electron chi connectivity index (χ2n) is 7.23. The summed E-state index contributed by atoms with van der Waals surface area (Å²) >= 11 is 0. The Kier molecular flexibility index (Phi) is 5.68. The van der Waals surface area contributed by atoms with Gasteiger partial charge in [0.15, 0.2) is 11.5 Å². The molecular formula is C24H27NO3. The predicted octanol–water partition coefficient (Wildman–Crippen LogP) is 4.90. The van der Waals surface area contributed by atoms with E-state index in [1.165, 1.54) is 22.8 Å². The van der Waals surface area contributed by atoms with E-state index in [1.54, 1.807) is 14.2 Å². The second-order valence-corrected chi connectivity index (χ2v) is 7.23. The van der Waals surface area contributed by atoms with Crippen LogP contribution in [0, 0.1) is 0 Å². The fourth-order valence-electron chi connectivity index (χ4n) is 4.04. The van der Waals surface area contributed by atoms with Gasteiger partial charge in [-0.15, -0.1) is 0 Å². The van der Waals surface area contributed by atoms with Crippen LogP contribution in [0.1, 0.15) is 18.4 Å². The Balaban J connectivity index is 1.44. The highest BCUT2D eigenvalue weighted by Gasteiger charge is 2.25. The van der Waals surface area contributed by atoms with Gasteiger partial charge in [0.1, 0.15) is 12.4 Å². The maximum atomic E-state index is 6.11. The zero-order chi connectivity index (χ0) is 19.3. The Morgan fingerprint density at radius 3 is 2.61 bits per heavy atom. The first-order valence-corrected chi connectivity index (χ1v) is 9.84. The number of rotatable bonds is 7. The molecule has 0 saturated carbocycles. The third-order valence-corrected chi connectivity index (χ3v) is 5.55. The van der Waals surface area contributed by atoms with Crippen molar-refractivity contribution in [1.82, 2.24) is 4.90 Å². The summed E-state index contributed by atoms with van der Waals surface area (Å²) in [5, 5.41) is 2.65. The normalized spacial score (nSPS) is 17.0. The molecule has 3 aromatic carbocycles. The molecule has 1 fully saturated rings. The SMILES string of the molecule is COc1ccc(OC[C@@H]2CCCN2Cc2cccc3ccccc23)cc1OC. The van der Waals surface area contributed by atoms with E-state index >= 15 is 0 Å². The minimum Gasteiger partial charge on any atom is -0.493 e. The number of hydrogen-bond acceptors (Lipinski definition) is 4. The zero-order valence-electron chi connectivity index (χ0n) is 16.6. The summed E-state index contributed by atoms with van der Waals surface area (Å²) in [6.07, 6.45) is 2.38. The first-order valence-electron chi connectivity index (χ1n) is 9.84. The highest BCUT2D eigenvalue weighted by Crippen LogP contribution is 2.31. The van der Waals surface area contributed by atoms with Crippen LogP contribution in [0.3, 0.4) is 0 Å². The molecule has 0 radical (unpaired) electrons. The molecule has 3 aromatic rings. The average molecular weight is 377 g/mol. The molecule has 1 aliphatic heterocycles. The van der Waals surface area contributed by atoms with Gasteiger partial charge in [-0.25, -0.2) is 0 Å². The van der Waals surface area contributed by atoms with E-state index in [9.17, 15) is 0 Å². The van der Waals surface area contributed by atoms with Crippen LogP contribution in [-0.4, -0.2) is 38.3 Å². The van der Waals surface area contributed by atoms with Crippen LogP contribution in [0.5, 0.6) is 17.2 Å². The van der Waals surface area contributed by atoms with Crippen molar-refractivity contribution in [3.8, 4) is 17.2 Å². The Hall–Kier alpha value is -2.72. The molecule has 0 bridgehead atoms. The number of likely N-dealkylation sites (tertiary alicyclic amines) is 1. The van der Waals surface area contributed by atoms with Gasteiger partial charge in [0, 0.05) is 18.7 Å². The molecule has 0 aromatic heterocycles. The first kappa shape index (κ1) is 18.6. The Labute approximate surface area is 166 Å². The van der Waals surface area contributed by atoms with Gasteiger partial charge in [0.05, 0.1) is 14.2 Å². The maximum Gasteiger partial charge on any atom is 0.164 e. The van der Waals surface area contributed by atoms with Gasteiger partial charge in [-0.2, -0.15) is 0 Å². The third-order valence-electron chi connectivity index (χ3n) is 5.55. The zero-order valence-corrected chi connectivity index (χ0v) is 16.6. The van der Waals surface area contributed by atoms with E-state index < -0.39 is 0 Å². The summed E-state index contributed by atoms with van der Waals surface area (Å²) in [4.78, 5) is 2.54. The van der Waals surface area contributed by atoms with E-state index in [-0.39, 0.29) is 0 Å². The quantitative estimate of drug-likeness (QED) is 0.586. The molecule has 0 aliphatic carbocycles. The number of nitrogens with zero attached hydrogens (tertiary/aromatic N) is 1. The first-order chi connectivity index (χ1) is 13.8. The Morgan fingerprint density at radius 1 is 0.929 bits per heavy atom. The molecule has 1 aliphatic rings. The van der Waals surface area contributed by atoms with Crippen molar-refractivity contribution >= 4 is 10.8 Å². The molecule has 0 amide bonds. The van der Waals surface area contributed by atoms with Crippen molar-refractivity contribution in [2.24, 2.45) is 0 Å². The van der Waals surface area contributed by atoms with Crippen molar-refractivity contribution in [2.75, 3.05) is 27.4 Å². The van der Waals surface area contributed by atoms with Crippen LogP contribution in [0.15, 0.2) is 60.7 Å². The topological polar surface area (TPSA) is 30.9 Å². The van der Waals surface area contributed by atoms with E-state index in [1.807, 2.05) is 18.2 Å². The van der Waals surface area contributed by atoms with Crippen LogP contribution in [0.4, 0.5) is 0 Å². The van der Waals surface area contributed by atoms with Crippen molar-refractivity contribution in [3.63, 3.8) is 0 Å². The van der Waals surface area contributed by atoms with Gasteiger partial charge in [-0.1, -0.05) is 42.5 Å². The predicted molar refractivity (Wildman–Crippen MR) is 112 cm³/mol. The van der Waals surface area contributed by atoms with Crippen LogP contribution in [-0.2, 0) is 6.54 Å². The number of benzene rings is 3. The van der Waals surface area contributed by atoms with Crippen molar-refractivity contribution in [1.29, 1.82) is 0 Å². The summed E-state index contributed by atoms with van der Waals surface area (Å²) in [6, 6.07) is 21.3. The minimum absolute atomic E-state index is 0.423. The fraction of sp³-hybridized carbons (Fsp3) is 0.333. The molecule has 4 heteroatoms. The molecule has 1 saturated heterocycles. The molecule has 28 heavy (non-hydrogen) atoms. The smallest absolute Gasteiger partial charge is 0.164 e. The van der Waals surface area contributed by atoms with Crippen LogP contribution in [0.25, 0.3) is 10.8 Å². The molecule has 146 valence electrons. The number of fused-ring (bicyclic) bond motifs is 1. The molecule has 4 nitrogen and oxygen atoms in total. The molecule has 0 N–H and O–H groups in total. The van der Waals surface area contributed by atoms with Gasteiger partial charge in [0.25, 0.3) is 0 Å². The van der Waals surface area contributed by atoms with Crippen LogP contribution < -0.4 is 14.2 Å². The average Bonchev–Trinajstić information content (AvgIpc) is 3.19. The Morgan fingerprint density at radius 2 is 1.75 bits per heavy atom. The van der Waals surface area contributed by atoms with Crippen molar-refractivity contribution in [2.45, 2.75) is 25.4 Å². The summed E-state index contributed by atoms with van der Waals surface area (Å²) in [5.41, 5.74) is 1.39. The standard InChI is InChI=1S/C24H27NO3/c1-26-23-13-12-21(15-24(23)27-2)28-17-20-10-6-14-25(20)16-19-9-5-8-18-7-3-4-11-22(18)19/h3-5,7-9,11-13,15,20H,6,10,14,16-17H2,1-2H3/t20-/m0/s1. The van der Waals surface area contributed by atoms with E-state index in [0.717, 1.165) is 25.3 Å². The minimum atomic E-state index is 0.423. The lowest BCUT2D eigenvalue weighted by atomic mass is 10.0. The monoisotopic (exact) mass is 377 g/mol. The van der Waals surface area contributed by atoms with Gasteiger partial charge in [-0.3, -0.25) is 4.90 Å². The van der Waals surface area contributed by atoms with E-state index in [4.69, 9.17) is 14.2 Å². The molecule has 1 heterocycles. The summed E-state index contributed by atoms with van der Waals surface area (Å²) in [6.45, 7) is 2.75. The van der Waals surface area contributed by atoms with Gasteiger partial charge in [-0.05, 0) is 47.9 Å². The summed E-state index contributed by atoms with van der Waals surface area (Å²) < 4.78 is 16.8. The lowest BCUT2D eigenvalue weighted by Gasteiger charge is -2.25. The molecule has 0 unspecified atom stereocenters. The Bertz CT molecular complexity index is 935. The molecule has 0 spiro atoms. The number of methoxy groups -OCH3 is 2. The number of ether oxygens (including phenoxy) is 3. The van der Waals surface area contributed by atoms with E-state index in [0.29, 0.717) is 24.1 Å². The summed E-state index contributed by atoms with van der Waals surface area (Å²) in [7, 11) is 3.28. The van der Waals surface area contributed by atoms with Crippen LogP contribution >= 0.6 is 0 Å². The highest BCUT2D eigenvalue weighted by atomic mass is 16.5. The van der Waals surface area contributed by atoms with Crippen LogP contribution in [0.2, 0.25) is 0 Å². The molecule has 1 atom stereocenters. The largest absolute Gasteiger partial charge is 0.493 e. The summed E-state index contributed by atoms with van der Waals surface area (Å²) in [5.74, 6) is 2.22. The van der Waals surface area contributed by atoms with Gasteiger partial charge >= 0.3 is 0 Å². The highest BCUT2D eigenvalue weighted by molar-refractivity contribution is 5.85. The third kappa shape index (κ3) is 3.92. The molecular weight excluding hydrogens is 350 g/mol. The van der Waals surface area contributed by atoms with E-state index in [2.05, 4.69) is 47.4 Å². The van der Waals surface area contributed by atoms with Crippen molar-refractivity contribution < 1.29 is 14.2 Å². The fourth-order valence-corrected chi connectivity index (χ4v) is 4.04. The van der Waals surface area contributed by atoms with Crippen molar-refractivity contribution in [3.05, 3.63) is 66.2 Å². The van der Waals surface area contributed by atoms with Gasteiger partial charge < -0.3 is 14.2 Å². The lowest BCUT2D eigenvalue weighted by molar-refractivity contribution is 0.167. The number of hydrogen-bond donors (Lipinski definition) is 0. The van der Waals surface area contributed by atoms with Gasteiger partial charge in [0.2, 0.25) is 0 Å². The second kappa shape index (κ2) is 8.53. The maximum absolute atomic E-state index is 6.11. The molecule has 4 rings (SSSR count). The lowest BCUT2D eigenvalue weighted by Crippen LogP contribution is -2.33.